The molecular formula is C30H36N4O5. The van der Waals surface area contributed by atoms with Gasteiger partial charge in [-0.15, -0.1) is 0 Å². The van der Waals surface area contributed by atoms with Gasteiger partial charge in [-0.1, -0.05) is 31.2 Å². The van der Waals surface area contributed by atoms with E-state index in [4.69, 9.17) is 4.74 Å². The molecule has 1 aromatic heterocycles. The highest BCUT2D eigenvalue weighted by Crippen LogP contribution is 2.67. The summed E-state index contributed by atoms with van der Waals surface area (Å²) < 4.78 is 6.14. The van der Waals surface area contributed by atoms with E-state index in [2.05, 4.69) is 45.2 Å². The monoisotopic (exact) mass is 532 g/mol. The zero-order valence-corrected chi connectivity index (χ0v) is 22.6. The van der Waals surface area contributed by atoms with Crippen LogP contribution in [0.15, 0.2) is 54.9 Å². The van der Waals surface area contributed by atoms with E-state index in [9.17, 15) is 19.8 Å². The molecule has 39 heavy (non-hydrogen) atoms. The summed E-state index contributed by atoms with van der Waals surface area (Å²) in [4.78, 5) is 34.4. The van der Waals surface area contributed by atoms with Crippen LogP contribution < -0.4 is 10.2 Å². The van der Waals surface area contributed by atoms with E-state index in [0.29, 0.717) is 12.0 Å². The van der Waals surface area contributed by atoms with Gasteiger partial charge in [0.25, 0.3) is 5.91 Å². The van der Waals surface area contributed by atoms with Gasteiger partial charge >= 0.3 is 5.97 Å². The average molecular weight is 533 g/mol. The van der Waals surface area contributed by atoms with Crippen molar-refractivity contribution < 1.29 is 24.5 Å². The van der Waals surface area contributed by atoms with Crippen LogP contribution in [0.5, 0.6) is 0 Å². The fourth-order valence-electron chi connectivity index (χ4n) is 8.51. The van der Waals surface area contributed by atoms with E-state index < -0.39 is 34.5 Å². The number of esters is 1. The van der Waals surface area contributed by atoms with Crippen molar-refractivity contribution in [3.63, 3.8) is 0 Å². The number of carbonyl (C=O) groups excluding carboxylic acids is 2. The van der Waals surface area contributed by atoms with Gasteiger partial charge in [0, 0.05) is 61.0 Å². The summed E-state index contributed by atoms with van der Waals surface area (Å²) in [5, 5.41) is 25.9. The van der Waals surface area contributed by atoms with Gasteiger partial charge < -0.3 is 25.2 Å². The normalized spacial score (nSPS) is 34.3. The van der Waals surface area contributed by atoms with Crippen molar-refractivity contribution in [3.05, 3.63) is 71.6 Å². The average Bonchev–Trinajstić information content (AvgIpc) is 3.46. The molecule has 0 radical (unpaired) electrons. The third-order valence-corrected chi connectivity index (χ3v) is 9.73. The maximum Gasteiger partial charge on any atom is 0.303 e. The van der Waals surface area contributed by atoms with Crippen LogP contribution in [0.2, 0.25) is 0 Å². The lowest BCUT2D eigenvalue weighted by atomic mass is 9.47. The number of aliphatic hydroxyl groups excluding tert-OH is 1. The Morgan fingerprint density at radius 1 is 1.21 bits per heavy atom. The molecule has 1 aliphatic carbocycles. The molecular weight excluding hydrogens is 496 g/mol. The highest BCUT2D eigenvalue weighted by Gasteiger charge is 2.77. The van der Waals surface area contributed by atoms with Crippen molar-refractivity contribution in [1.82, 2.24) is 15.2 Å². The van der Waals surface area contributed by atoms with Gasteiger partial charge in [-0.2, -0.15) is 0 Å². The molecule has 1 spiro atoms. The van der Waals surface area contributed by atoms with Crippen LogP contribution in [0.1, 0.15) is 48.2 Å². The Balaban J connectivity index is 1.55. The van der Waals surface area contributed by atoms with Gasteiger partial charge in [0.1, 0.15) is 11.7 Å². The van der Waals surface area contributed by atoms with E-state index >= 15 is 0 Å². The van der Waals surface area contributed by atoms with E-state index in [0.717, 1.165) is 36.3 Å². The number of amides is 1. The van der Waals surface area contributed by atoms with Crippen LogP contribution in [-0.4, -0.2) is 82.4 Å². The van der Waals surface area contributed by atoms with Gasteiger partial charge in [-0.05, 0) is 48.7 Å². The first-order valence-electron chi connectivity index (χ1n) is 13.7. The fraction of sp³-hybridized carbons (Fsp3) is 0.500. The molecule has 3 N–H and O–H groups in total. The fourth-order valence-corrected chi connectivity index (χ4v) is 8.51. The van der Waals surface area contributed by atoms with Crippen molar-refractivity contribution in [3.8, 4) is 0 Å². The molecule has 1 saturated heterocycles. The van der Waals surface area contributed by atoms with Crippen LogP contribution in [-0.2, 0) is 21.6 Å². The predicted octanol–water partition coefficient (Wildman–Crippen LogP) is 1.78. The SMILES string of the molecule is CC[C@]12C=CCN3CC[C@@]4(c5ccc(CO)cc5N(C)[C@H]4C(O)(CNC(=O)c4ccncc4)[C@@H]1OC(C)=O)[C@@H]32. The summed E-state index contributed by atoms with van der Waals surface area (Å²) in [6, 6.07) is 8.80. The highest BCUT2D eigenvalue weighted by atomic mass is 16.6. The predicted molar refractivity (Wildman–Crippen MR) is 145 cm³/mol. The van der Waals surface area contributed by atoms with Crippen molar-refractivity contribution in [1.29, 1.82) is 0 Å². The number of benzene rings is 1. The number of aromatic nitrogens is 1. The van der Waals surface area contributed by atoms with Gasteiger partial charge in [0.2, 0.25) is 0 Å². The Kier molecular flexibility index (Phi) is 6.09. The molecule has 6 rings (SSSR count). The van der Waals surface area contributed by atoms with Crippen molar-refractivity contribution >= 4 is 17.6 Å². The molecule has 6 atom stereocenters. The molecule has 0 bridgehead atoms. The molecule has 3 aliphatic heterocycles. The second-order valence-electron chi connectivity index (χ2n) is 11.5. The summed E-state index contributed by atoms with van der Waals surface area (Å²) in [7, 11) is 1.96. The summed E-state index contributed by atoms with van der Waals surface area (Å²) in [6.07, 6.45) is 7.94. The number of aliphatic hydroxyl groups is 2. The van der Waals surface area contributed by atoms with Gasteiger partial charge in [-0.25, -0.2) is 0 Å². The minimum absolute atomic E-state index is 0.0193. The minimum Gasteiger partial charge on any atom is -0.458 e. The lowest BCUT2D eigenvalue weighted by molar-refractivity contribution is -0.216. The maximum absolute atomic E-state index is 13.2. The number of likely N-dealkylation sites (N-methyl/N-ethyl adjacent to an activating group) is 1. The topological polar surface area (TPSA) is 115 Å². The number of nitrogens with zero attached hydrogens (tertiary/aromatic N) is 3. The zero-order valence-electron chi connectivity index (χ0n) is 22.6. The molecule has 1 unspecified atom stereocenters. The van der Waals surface area contributed by atoms with E-state index in [1.165, 1.54) is 6.92 Å². The first-order valence-corrected chi connectivity index (χ1v) is 13.7. The second-order valence-corrected chi connectivity index (χ2v) is 11.5. The number of carbonyl (C=O) groups is 2. The third kappa shape index (κ3) is 3.46. The summed E-state index contributed by atoms with van der Waals surface area (Å²) in [6.45, 7) is 4.90. The molecule has 9 heteroatoms. The van der Waals surface area contributed by atoms with E-state index in [-0.39, 0.29) is 25.1 Å². The molecule has 206 valence electrons. The molecule has 2 aromatic rings. The largest absolute Gasteiger partial charge is 0.458 e. The van der Waals surface area contributed by atoms with Crippen LogP contribution >= 0.6 is 0 Å². The zero-order chi connectivity index (χ0) is 27.6. The highest BCUT2D eigenvalue weighted by molar-refractivity contribution is 5.94. The number of nitrogens with one attached hydrogen (secondary N) is 1. The number of rotatable bonds is 6. The van der Waals surface area contributed by atoms with Crippen molar-refractivity contribution in [2.24, 2.45) is 5.41 Å². The van der Waals surface area contributed by atoms with Gasteiger partial charge in [-0.3, -0.25) is 19.5 Å². The van der Waals surface area contributed by atoms with E-state index in [1.54, 1.807) is 24.5 Å². The number of hydrogen-bond acceptors (Lipinski definition) is 8. The lowest BCUT2D eigenvalue weighted by Gasteiger charge is -2.64. The Morgan fingerprint density at radius 3 is 2.67 bits per heavy atom. The number of pyridine rings is 1. The molecule has 1 aromatic carbocycles. The van der Waals surface area contributed by atoms with Crippen LogP contribution in [0.25, 0.3) is 0 Å². The Hall–Kier alpha value is -3.27. The van der Waals surface area contributed by atoms with Crippen LogP contribution in [0.3, 0.4) is 0 Å². The Labute approximate surface area is 228 Å². The Morgan fingerprint density at radius 2 is 1.97 bits per heavy atom. The minimum atomic E-state index is -1.63. The summed E-state index contributed by atoms with van der Waals surface area (Å²) >= 11 is 0. The molecule has 4 aliphatic rings. The second kappa shape index (κ2) is 9.15. The standard InChI is InChI=1S/C30H36N4O5/c1-4-28-10-5-14-34-15-11-29(25(28)34)22-7-6-20(17-35)16-23(22)33(3)26(29)30(38,27(28)39-19(2)36)18-32-24(37)21-8-12-31-13-9-21/h5-10,12-13,16,25-27,35,38H,4,11,14-15,17-18H2,1-3H3,(H,32,37)/t25-,26+,27+,28+,29+,30?/m0/s1. The number of ether oxygens (including phenoxy) is 1. The molecule has 1 saturated carbocycles. The Bertz CT molecular complexity index is 1330. The molecule has 2 fully saturated rings. The third-order valence-electron chi connectivity index (χ3n) is 9.73. The first-order chi connectivity index (χ1) is 18.7. The van der Waals surface area contributed by atoms with Crippen LogP contribution in [0.4, 0.5) is 5.69 Å². The quantitative estimate of drug-likeness (QED) is 0.381. The number of hydrogen-bond donors (Lipinski definition) is 3. The molecule has 9 nitrogen and oxygen atoms in total. The summed E-state index contributed by atoms with van der Waals surface area (Å²) in [5.74, 6) is -0.800. The molecule has 4 heterocycles. The van der Waals surface area contributed by atoms with Crippen LogP contribution in [0, 0.1) is 5.41 Å². The van der Waals surface area contributed by atoms with Crippen molar-refractivity contribution in [2.75, 3.05) is 31.6 Å². The number of fused-ring (bicyclic) bond motifs is 1. The molecule has 1 amide bonds. The van der Waals surface area contributed by atoms with Crippen molar-refractivity contribution in [2.45, 2.75) is 62.5 Å². The first kappa shape index (κ1) is 26.0. The lowest BCUT2D eigenvalue weighted by Crippen LogP contribution is -2.81. The smallest absolute Gasteiger partial charge is 0.303 e. The van der Waals surface area contributed by atoms with Gasteiger partial charge in [0.15, 0.2) is 0 Å². The van der Waals surface area contributed by atoms with Gasteiger partial charge in [0.05, 0.1) is 19.2 Å². The number of anilines is 1. The maximum atomic E-state index is 13.2. The summed E-state index contributed by atoms with van der Waals surface area (Å²) in [5.41, 5.74) is 0.527. The van der Waals surface area contributed by atoms with E-state index in [1.807, 2.05) is 19.2 Å².